The Kier molecular flexibility index (Phi) is 6.14. The van der Waals surface area contributed by atoms with Crippen molar-refractivity contribution in [3.05, 3.63) is 35.4 Å². The molecule has 110 valence electrons. The van der Waals surface area contributed by atoms with Crippen molar-refractivity contribution in [3.63, 3.8) is 0 Å². The normalized spacial score (nSPS) is 12.2. The van der Waals surface area contributed by atoms with Crippen molar-refractivity contribution >= 4 is 23.1 Å². The van der Waals surface area contributed by atoms with E-state index in [2.05, 4.69) is 20.8 Å². The first-order valence-electron chi connectivity index (χ1n) is 6.95. The Morgan fingerprint density at radius 2 is 1.80 bits per heavy atom. The van der Waals surface area contributed by atoms with E-state index in [9.17, 15) is 4.79 Å². The van der Waals surface area contributed by atoms with Crippen LogP contribution in [0.1, 0.15) is 38.3 Å². The number of hydrogen-bond acceptors (Lipinski definition) is 2. The Morgan fingerprint density at radius 3 is 2.25 bits per heavy atom. The van der Waals surface area contributed by atoms with E-state index in [0.29, 0.717) is 17.3 Å². The molecule has 1 aromatic rings. The number of rotatable bonds is 6. The summed E-state index contributed by atoms with van der Waals surface area (Å²) in [5.74, 6) is 0.728. The second-order valence-electron chi connectivity index (χ2n) is 5.72. The maximum absolute atomic E-state index is 12.2. The highest BCUT2D eigenvalue weighted by molar-refractivity contribution is 7.80. The maximum Gasteiger partial charge on any atom is 0.226 e. The fraction of sp³-hybridized carbons (Fsp3) is 0.500. The van der Waals surface area contributed by atoms with E-state index in [1.807, 2.05) is 36.2 Å². The smallest absolute Gasteiger partial charge is 0.226 e. The van der Waals surface area contributed by atoms with Crippen LogP contribution in [0.25, 0.3) is 0 Å². The molecule has 0 aliphatic heterocycles. The lowest BCUT2D eigenvalue weighted by atomic mass is 10.0. The zero-order valence-electron chi connectivity index (χ0n) is 12.7. The van der Waals surface area contributed by atoms with Gasteiger partial charge in [-0.3, -0.25) is 4.79 Å². The first-order chi connectivity index (χ1) is 9.31. The fourth-order valence-corrected chi connectivity index (χ4v) is 2.31. The van der Waals surface area contributed by atoms with E-state index in [-0.39, 0.29) is 11.9 Å². The predicted octanol–water partition coefficient (Wildman–Crippen LogP) is 2.76. The van der Waals surface area contributed by atoms with E-state index < -0.39 is 0 Å². The van der Waals surface area contributed by atoms with Crippen LogP contribution in [0.3, 0.4) is 0 Å². The molecule has 0 aliphatic rings. The molecular weight excluding hydrogens is 268 g/mol. The van der Waals surface area contributed by atoms with Crippen molar-refractivity contribution in [3.8, 4) is 0 Å². The van der Waals surface area contributed by atoms with Crippen molar-refractivity contribution in [2.24, 2.45) is 11.7 Å². The molecule has 20 heavy (non-hydrogen) atoms. The summed E-state index contributed by atoms with van der Waals surface area (Å²) in [6, 6.07) is 7.81. The van der Waals surface area contributed by atoms with Gasteiger partial charge in [0.25, 0.3) is 0 Å². The van der Waals surface area contributed by atoms with Crippen molar-refractivity contribution in [1.82, 2.24) is 4.90 Å². The molecule has 0 aliphatic carbocycles. The van der Waals surface area contributed by atoms with Gasteiger partial charge in [0, 0.05) is 18.7 Å². The molecule has 3 nitrogen and oxygen atoms in total. The van der Waals surface area contributed by atoms with Gasteiger partial charge in [0.1, 0.15) is 4.99 Å². The number of carbonyl (C=O) groups excluding carboxylic acids is 1. The monoisotopic (exact) mass is 292 g/mol. The van der Waals surface area contributed by atoms with Crippen LogP contribution < -0.4 is 5.73 Å². The number of hydrogen-bond donors (Lipinski definition) is 1. The van der Waals surface area contributed by atoms with Gasteiger partial charge in [-0.1, -0.05) is 50.3 Å². The van der Waals surface area contributed by atoms with Crippen LogP contribution in [0.15, 0.2) is 24.3 Å². The minimum absolute atomic E-state index is 0.140. The Labute approximate surface area is 127 Å². The lowest BCUT2D eigenvalue weighted by Crippen LogP contribution is -2.36. The van der Waals surface area contributed by atoms with Crippen LogP contribution in [-0.4, -0.2) is 28.9 Å². The molecule has 0 fully saturated rings. The van der Waals surface area contributed by atoms with Crippen molar-refractivity contribution in [1.29, 1.82) is 0 Å². The van der Waals surface area contributed by atoms with Gasteiger partial charge < -0.3 is 10.6 Å². The highest BCUT2D eigenvalue weighted by Gasteiger charge is 2.16. The maximum atomic E-state index is 12.2. The number of carbonyl (C=O) groups is 1. The summed E-state index contributed by atoms with van der Waals surface area (Å²) < 4.78 is 0. The number of likely N-dealkylation sites (N-methyl/N-ethyl adjacent to an activating group) is 1. The largest absolute Gasteiger partial charge is 0.389 e. The SMILES string of the molecule is CC(C)CC(C)N(C)C(=O)Cc1ccc(C(N)=S)cc1. The van der Waals surface area contributed by atoms with Gasteiger partial charge in [-0.25, -0.2) is 0 Å². The third-order valence-corrected chi connectivity index (χ3v) is 3.70. The molecule has 0 saturated heterocycles. The number of benzene rings is 1. The van der Waals surface area contributed by atoms with Gasteiger partial charge in [0.15, 0.2) is 0 Å². The van der Waals surface area contributed by atoms with E-state index in [1.165, 1.54) is 0 Å². The molecule has 2 N–H and O–H groups in total. The minimum Gasteiger partial charge on any atom is -0.389 e. The molecule has 0 saturated carbocycles. The molecule has 1 unspecified atom stereocenters. The van der Waals surface area contributed by atoms with E-state index in [4.69, 9.17) is 18.0 Å². The Balaban J connectivity index is 2.63. The van der Waals surface area contributed by atoms with E-state index >= 15 is 0 Å². The summed E-state index contributed by atoms with van der Waals surface area (Å²) >= 11 is 4.91. The molecule has 0 radical (unpaired) electrons. The number of amides is 1. The van der Waals surface area contributed by atoms with Crippen LogP contribution in [0, 0.1) is 5.92 Å². The molecule has 1 aromatic carbocycles. The van der Waals surface area contributed by atoms with Crippen molar-refractivity contribution in [2.45, 2.75) is 39.7 Å². The number of nitrogens with two attached hydrogens (primary N) is 1. The Bertz CT molecular complexity index is 468. The van der Waals surface area contributed by atoms with Gasteiger partial charge in [-0.2, -0.15) is 0 Å². The Hall–Kier alpha value is -1.42. The van der Waals surface area contributed by atoms with Gasteiger partial charge >= 0.3 is 0 Å². The standard InChI is InChI=1S/C16H24N2OS/c1-11(2)9-12(3)18(4)15(19)10-13-5-7-14(8-6-13)16(17)20/h5-8,11-12H,9-10H2,1-4H3,(H2,17,20). The van der Waals surface area contributed by atoms with Crippen LogP contribution in [0.2, 0.25) is 0 Å². The number of thiocarbonyl (C=S) groups is 1. The second kappa shape index (κ2) is 7.39. The molecule has 0 spiro atoms. The molecule has 4 heteroatoms. The van der Waals surface area contributed by atoms with Crippen molar-refractivity contribution < 1.29 is 4.79 Å². The van der Waals surface area contributed by atoms with Crippen molar-refractivity contribution in [2.75, 3.05) is 7.05 Å². The van der Waals surface area contributed by atoms with Gasteiger partial charge in [-0.15, -0.1) is 0 Å². The van der Waals surface area contributed by atoms with Crippen LogP contribution in [0.5, 0.6) is 0 Å². The zero-order chi connectivity index (χ0) is 15.3. The van der Waals surface area contributed by atoms with Crippen LogP contribution >= 0.6 is 12.2 Å². The summed E-state index contributed by atoms with van der Waals surface area (Å²) in [7, 11) is 1.87. The molecular formula is C16H24N2OS. The molecule has 1 atom stereocenters. The summed E-state index contributed by atoms with van der Waals surface area (Å²) in [6.45, 7) is 6.43. The lowest BCUT2D eigenvalue weighted by Gasteiger charge is -2.26. The first kappa shape index (κ1) is 16.6. The third-order valence-electron chi connectivity index (χ3n) is 3.46. The second-order valence-corrected chi connectivity index (χ2v) is 6.16. The van der Waals surface area contributed by atoms with Gasteiger partial charge in [0.05, 0.1) is 6.42 Å². The lowest BCUT2D eigenvalue weighted by molar-refractivity contribution is -0.131. The zero-order valence-corrected chi connectivity index (χ0v) is 13.5. The number of nitrogens with zero attached hydrogens (tertiary/aromatic N) is 1. The summed E-state index contributed by atoms with van der Waals surface area (Å²) in [5.41, 5.74) is 7.37. The first-order valence-corrected chi connectivity index (χ1v) is 7.36. The molecule has 0 bridgehead atoms. The highest BCUT2D eigenvalue weighted by atomic mass is 32.1. The summed E-state index contributed by atoms with van der Waals surface area (Å²) in [6.07, 6.45) is 1.43. The van der Waals surface area contributed by atoms with Gasteiger partial charge in [0.2, 0.25) is 5.91 Å². The summed E-state index contributed by atoms with van der Waals surface area (Å²) in [5, 5.41) is 0. The minimum atomic E-state index is 0.140. The third kappa shape index (κ3) is 4.93. The fourth-order valence-electron chi connectivity index (χ4n) is 2.17. The summed E-state index contributed by atoms with van der Waals surface area (Å²) in [4.78, 5) is 14.4. The van der Waals surface area contributed by atoms with E-state index in [0.717, 1.165) is 17.5 Å². The van der Waals surface area contributed by atoms with Crippen LogP contribution in [0.4, 0.5) is 0 Å². The van der Waals surface area contributed by atoms with E-state index in [1.54, 1.807) is 0 Å². The molecule has 0 aromatic heterocycles. The molecule has 1 amide bonds. The van der Waals surface area contributed by atoms with Gasteiger partial charge in [-0.05, 0) is 24.8 Å². The average Bonchev–Trinajstić information content (AvgIpc) is 2.37. The highest BCUT2D eigenvalue weighted by Crippen LogP contribution is 2.12. The topological polar surface area (TPSA) is 46.3 Å². The quantitative estimate of drug-likeness (QED) is 0.820. The Morgan fingerprint density at radius 1 is 1.25 bits per heavy atom. The average molecular weight is 292 g/mol. The molecule has 0 heterocycles. The van der Waals surface area contributed by atoms with Crippen LogP contribution in [-0.2, 0) is 11.2 Å². The molecule has 1 rings (SSSR count). The predicted molar refractivity (Wildman–Crippen MR) is 87.7 cm³/mol.